The fraction of sp³-hybridized carbons (Fsp3) is 0.333. The van der Waals surface area contributed by atoms with Gasteiger partial charge in [-0.3, -0.25) is 4.79 Å². The molecule has 0 radical (unpaired) electrons. The molecule has 3 rings (SSSR count). The average molecular weight is 323 g/mol. The molecule has 1 saturated heterocycles. The Balaban J connectivity index is 1.58. The Kier molecular flexibility index (Phi) is 5.15. The third-order valence-corrected chi connectivity index (χ3v) is 4.14. The lowest BCUT2D eigenvalue weighted by Crippen LogP contribution is -2.39. The summed E-state index contributed by atoms with van der Waals surface area (Å²) in [6.45, 7) is 5.15. The van der Waals surface area contributed by atoms with Crippen LogP contribution in [-0.2, 0) is 11.2 Å². The highest BCUT2D eigenvalue weighted by Gasteiger charge is 2.22. The molecule has 0 aromatic carbocycles. The van der Waals surface area contributed by atoms with E-state index in [2.05, 4.69) is 27.1 Å². The molecule has 6 nitrogen and oxygen atoms in total. The summed E-state index contributed by atoms with van der Waals surface area (Å²) < 4.78 is 0. The standard InChI is InChI=1S/C18H21N5O/c1-2-18(24)23-11-5-6-14(13-23)12-15-8-9-17(22-21-15)20-16-7-3-4-10-19-16/h2-4,7-10,14H,1,5-6,11-13H2,(H,19,20,22)/t14-/m1/s1. The van der Waals surface area contributed by atoms with E-state index in [4.69, 9.17) is 0 Å². The van der Waals surface area contributed by atoms with Crippen molar-refractivity contribution in [2.75, 3.05) is 18.4 Å². The molecule has 0 spiro atoms. The summed E-state index contributed by atoms with van der Waals surface area (Å²) in [4.78, 5) is 17.8. The van der Waals surface area contributed by atoms with E-state index in [0.717, 1.165) is 43.9 Å². The molecule has 2 aromatic rings. The Labute approximate surface area is 141 Å². The first-order chi connectivity index (χ1) is 11.7. The lowest BCUT2D eigenvalue weighted by molar-refractivity contribution is -0.127. The third-order valence-electron chi connectivity index (χ3n) is 4.14. The van der Waals surface area contributed by atoms with Crippen LogP contribution < -0.4 is 5.32 Å². The maximum atomic E-state index is 11.7. The van der Waals surface area contributed by atoms with Crippen molar-refractivity contribution < 1.29 is 4.79 Å². The van der Waals surface area contributed by atoms with Crippen molar-refractivity contribution in [2.45, 2.75) is 19.3 Å². The summed E-state index contributed by atoms with van der Waals surface area (Å²) in [5.74, 6) is 1.85. The number of amides is 1. The van der Waals surface area contributed by atoms with Crippen LogP contribution in [0.15, 0.2) is 49.2 Å². The van der Waals surface area contributed by atoms with Crippen molar-refractivity contribution in [1.82, 2.24) is 20.1 Å². The summed E-state index contributed by atoms with van der Waals surface area (Å²) in [5, 5.41) is 11.6. The molecule has 1 amide bonds. The molecule has 0 aliphatic carbocycles. The fourth-order valence-electron chi connectivity index (χ4n) is 2.96. The van der Waals surface area contributed by atoms with Crippen molar-refractivity contribution in [1.29, 1.82) is 0 Å². The monoisotopic (exact) mass is 323 g/mol. The summed E-state index contributed by atoms with van der Waals surface area (Å²) in [6, 6.07) is 9.54. The van der Waals surface area contributed by atoms with E-state index in [1.54, 1.807) is 6.20 Å². The number of pyridine rings is 1. The average Bonchev–Trinajstić information content (AvgIpc) is 2.64. The van der Waals surface area contributed by atoms with Crippen molar-refractivity contribution in [2.24, 2.45) is 5.92 Å². The molecule has 124 valence electrons. The number of carbonyl (C=O) groups is 1. The quantitative estimate of drug-likeness (QED) is 0.856. The molecule has 3 heterocycles. The summed E-state index contributed by atoms with van der Waals surface area (Å²) >= 11 is 0. The molecule has 0 bridgehead atoms. The zero-order chi connectivity index (χ0) is 16.8. The number of piperidine rings is 1. The Bertz CT molecular complexity index is 686. The Hall–Kier alpha value is -2.76. The van der Waals surface area contributed by atoms with Crippen LogP contribution >= 0.6 is 0 Å². The van der Waals surface area contributed by atoms with Crippen LogP contribution in [-0.4, -0.2) is 39.1 Å². The lowest BCUT2D eigenvalue weighted by Gasteiger charge is -2.31. The topological polar surface area (TPSA) is 71.0 Å². The molecule has 0 saturated carbocycles. The van der Waals surface area contributed by atoms with Crippen LogP contribution in [0.25, 0.3) is 0 Å². The van der Waals surface area contributed by atoms with Gasteiger partial charge in [0, 0.05) is 19.3 Å². The van der Waals surface area contributed by atoms with Crippen molar-refractivity contribution in [3.05, 3.63) is 54.9 Å². The van der Waals surface area contributed by atoms with Gasteiger partial charge in [0.05, 0.1) is 5.69 Å². The number of carbonyl (C=O) groups excluding carboxylic acids is 1. The highest BCUT2D eigenvalue weighted by molar-refractivity contribution is 5.87. The molecule has 0 unspecified atom stereocenters. The van der Waals surface area contributed by atoms with Crippen LogP contribution in [0, 0.1) is 5.92 Å². The van der Waals surface area contributed by atoms with E-state index in [1.807, 2.05) is 35.2 Å². The van der Waals surface area contributed by atoms with E-state index in [-0.39, 0.29) is 5.91 Å². The van der Waals surface area contributed by atoms with Gasteiger partial charge in [-0.15, -0.1) is 5.10 Å². The zero-order valence-corrected chi connectivity index (χ0v) is 13.6. The zero-order valence-electron chi connectivity index (χ0n) is 13.6. The second-order valence-electron chi connectivity index (χ2n) is 5.95. The molecule has 1 aliphatic heterocycles. The van der Waals surface area contributed by atoms with Crippen LogP contribution in [0.1, 0.15) is 18.5 Å². The molecule has 1 fully saturated rings. The predicted molar refractivity (Wildman–Crippen MR) is 92.8 cm³/mol. The van der Waals surface area contributed by atoms with Gasteiger partial charge >= 0.3 is 0 Å². The van der Waals surface area contributed by atoms with E-state index < -0.39 is 0 Å². The van der Waals surface area contributed by atoms with Crippen molar-refractivity contribution >= 4 is 17.5 Å². The van der Waals surface area contributed by atoms with Crippen LogP contribution in [0.2, 0.25) is 0 Å². The van der Waals surface area contributed by atoms with Gasteiger partial charge in [-0.25, -0.2) is 4.98 Å². The van der Waals surface area contributed by atoms with Gasteiger partial charge in [0.25, 0.3) is 0 Å². The maximum absolute atomic E-state index is 11.7. The number of nitrogens with one attached hydrogen (secondary N) is 1. The van der Waals surface area contributed by atoms with E-state index in [1.165, 1.54) is 6.08 Å². The van der Waals surface area contributed by atoms with Crippen LogP contribution in [0.4, 0.5) is 11.6 Å². The molecular weight excluding hydrogens is 302 g/mol. The van der Waals surface area contributed by atoms with Gasteiger partial charge in [-0.1, -0.05) is 12.6 Å². The van der Waals surface area contributed by atoms with Crippen molar-refractivity contribution in [3.8, 4) is 0 Å². The van der Waals surface area contributed by atoms with Gasteiger partial charge in [0.2, 0.25) is 5.91 Å². The van der Waals surface area contributed by atoms with E-state index >= 15 is 0 Å². The summed E-state index contributed by atoms with van der Waals surface area (Å²) in [6.07, 6.45) is 6.08. The molecule has 24 heavy (non-hydrogen) atoms. The number of hydrogen-bond donors (Lipinski definition) is 1. The smallest absolute Gasteiger partial charge is 0.245 e. The van der Waals surface area contributed by atoms with Gasteiger partial charge in [0.15, 0.2) is 5.82 Å². The summed E-state index contributed by atoms with van der Waals surface area (Å²) in [5.41, 5.74) is 0.944. The number of rotatable bonds is 5. The van der Waals surface area contributed by atoms with Crippen LogP contribution in [0.5, 0.6) is 0 Å². The maximum Gasteiger partial charge on any atom is 0.245 e. The van der Waals surface area contributed by atoms with Gasteiger partial charge in [-0.05, 0) is 55.5 Å². The number of likely N-dealkylation sites (tertiary alicyclic amines) is 1. The third kappa shape index (κ3) is 4.16. The second-order valence-corrected chi connectivity index (χ2v) is 5.95. The number of anilines is 2. The minimum absolute atomic E-state index is 0.0145. The highest BCUT2D eigenvalue weighted by atomic mass is 16.2. The molecule has 1 aliphatic rings. The van der Waals surface area contributed by atoms with Gasteiger partial charge in [-0.2, -0.15) is 5.10 Å². The second kappa shape index (κ2) is 7.68. The Morgan fingerprint density at radius 2 is 2.21 bits per heavy atom. The molecular formula is C18H21N5O. The van der Waals surface area contributed by atoms with Gasteiger partial charge in [0.1, 0.15) is 5.82 Å². The normalized spacial score (nSPS) is 17.3. The SMILES string of the molecule is C=CC(=O)N1CCC[C@H](Cc2ccc(Nc3ccccn3)nn2)C1. The minimum Gasteiger partial charge on any atom is -0.339 e. The molecule has 1 atom stereocenters. The lowest BCUT2D eigenvalue weighted by atomic mass is 9.93. The van der Waals surface area contributed by atoms with Crippen LogP contribution in [0.3, 0.4) is 0 Å². The predicted octanol–water partition coefficient (Wildman–Crippen LogP) is 2.58. The molecule has 6 heteroatoms. The fourth-order valence-corrected chi connectivity index (χ4v) is 2.96. The molecule has 1 N–H and O–H groups in total. The first-order valence-corrected chi connectivity index (χ1v) is 8.16. The van der Waals surface area contributed by atoms with E-state index in [9.17, 15) is 4.79 Å². The summed E-state index contributed by atoms with van der Waals surface area (Å²) in [7, 11) is 0. The number of nitrogens with zero attached hydrogens (tertiary/aromatic N) is 4. The first kappa shape index (κ1) is 16.1. The first-order valence-electron chi connectivity index (χ1n) is 8.16. The number of hydrogen-bond acceptors (Lipinski definition) is 5. The minimum atomic E-state index is 0.0145. The number of aromatic nitrogens is 3. The van der Waals surface area contributed by atoms with Gasteiger partial charge < -0.3 is 10.2 Å². The highest BCUT2D eigenvalue weighted by Crippen LogP contribution is 2.20. The largest absolute Gasteiger partial charge is 0.339 e. The Morgan fingerprint density at radius 1 is 1.29 bits per heavy atom. The Morgan fingerprint density at radius 3 is 2.92 bits per heavy atom. The molecule has 2 aromatic heterocycles. The van der Waals surface area contributed by atoms with Crippen molar-refractivity contribution in [3.63, 3.8) is 0 Å². The van der Waals surface area contributed by atoms with E-state index in [0.29, 0.717) is 11.7 Å².